The molecule has 0 bridgehead atoms. The van der Waals surface area contributed by atoms with E-state index in [1.807, 2.05) is 43.5 Å². The number of esters is 1. The molecule has 0 saturated heterocycles. The molecule has 1 aliphatic heterocycles. The number of carbonyl (C=O) groups is 1. The van der Waals surface area contributed by atoms with Crippen molar-refractivity contribution < 1.29 is 9.53 Å². The van der Waals surface area contributed by atoms with Crippen molar-refractivity contribution in [2.24, 2.45) is 0 Å². The third-order valence-corrected chi connectivity index (χ3v) is 9.30. The summed E-state index contributed by atoms with van der Waals surface area (Å²) in [4.78, 5) is 23.2. The van der Waals surface area contributed by atoms with Crippen LogP contribution in [0.1, 0.15) is 119 Å². The summed E-state index contributed by atoms with van der Waals surface area (Å²) in [6.45, 7) is 14.8. The lowest BCUT2D eigenvalue weighted by Gasteiger charge is -2.33. The zero-order valence-corrected chi connectivity index (χ0v) is 28.7. The number of halogens is 2. The van der Waals surface area contributed by atoms with Crippen LogP contribution in [0.5, 0.6) is 0 Å². The van der Waals surface area contributed by atoms with E-state index in [2.05, 4.69) is 49.6 Å². The van der Waals surface area contributed by atoms with Crippen molar-refractivity contribution in [3.63, 3.8) is 0 Å². The number of carbonyl (C=O) groups excluding carboxylic acids is 1. The van der Waals surface area contributed by atoms with Crippen LogP contribution in [0, 0.1) is 0 Å². The lowest BCUT2D eigenvalue weighted by Crippen LogP contribution is -2.32. The molecule has 0 amide bonds. The molecule has 238 valence electrons. The Balaban J connectivity index is 1.87. The third kappa shape index (κ3) is 7.21. The molecule has 0 radical (unpaired) electrons. The maximum absolute atomic E-state index is 13.6. The molecular formula is C37H49Cl2N3O2. The third-order valence-electron chi connectivity index (χ3n) is 8.67. The van der Waals surface area contributed by atoms with Crippen molar-refractivity contribution in [2.45, 2.75) is 98.0 Å². The number of cyclic esters (lactones) is 1. The van der Waals surface area contributed by atoms with Gasteiger partial charge in [-0.15, -0.1) is 0 Å². The van der Waals surface area contributed by atoms with Crippen LogP contribution >= 0.6 is 23.2 Å². The minimum Gasteiger partial charge on any atom is -0.439 e. The number of ether oxygens (including phenoxy) is 1. The average Bonchev–Trinajstić information content (AvgIpc) is 3.32. The van der Waals surface area contributed by atoms with Crippen LogP contribution in [0.15, 0.2) is 48.7 Å². The van der Waals surface area contributed by atoms with E-state index < -0.39 is 11.6 Å². The van der Waals surface area contributed by atoms with Gasteiger partial charge in [-0.2, -0.15) is 0 Å². The number of hydrogen-bond acceptors (Lipinski definition) is 5. The minimum atomic E-state index is -1.36. The fraction of sp³-hybridized carbons (Fsp3) is 0.514. The van der Waals surface area contributed by atoms with Gasteiger partial charge >= 0.3 is 5.97 Å². The van der Waals surface area contributed by atoms with E-state index in [9.17, 15) is 4.79 Å². The van der Waals surface area contributed by atoms with Crippen LogP contribution in [-0.2, 0) is 16.8 Å². The maximum Gasteiger partial charge on any atom is 0.341 e. The van der Waals surface area contributed by atoms with Gasteiger partial charge in [0.05, 0.1) is 15.6 Å². The largest absolute Gasteiger partial charge is 0.439 e. The summed E-state index contributed by atoms with van der Waals surface area (Å²) in [5, 5.41) is 1.05. The second-order valence-electron chi connectivity index (χ2n) is 11.9. The normalized spacial score (nSPS) is 13.6. The van der Waals surface area contributed by atoms with Crippen LogP contribution < -0.4 is 9.80 Å². The van der Waals surface area contributed by atoms with E-state index in [1.165, 1.54) is 0 Å². The van der Waals surface area contributed by atoms with Crippen LogP contribution in [0.3, 0.4) is 0 Å². The summed E-state index contributed by atoms with van der Waals surface area (Å²) in [7, 11) is 0. The Morgan fingerprint density at radius 1 is 0.705 bits per heavy atom. The van der Waals surface area contributed by atoms with Crippen LogP contribution in [-0.4, -0.2) is 37.1 Å². The van der Waals surface area contributed by atoms with Crippen molar-refractivity contribution in [3.05, 3.63) is 86.7 Å². The second-order valence-corrected chi connectivity index (χ2v) is 12.7. The Morgan fingerprint density at radius 3 is 1.55 bits per heavy atom. The van der Waals surface area contributed by atoms with Gasteiger partial charge < -0.3 is 14.5 Å². The van der Waals surface area contributed by atoms with Crippen molar-refractivity contribution in [3.8, 4) is 0 Å². The summed E-state index contributed by atoms with van der Waals surface area (Å²) >= 11 is 14.4. The molecule has 3 aromatic rings. The van der Waals surface area contributed by atoms with E-state index in [0.29, 0.717) is 32.4 Å². The van der Waals surface area contributed by atoms with Gasteiger partial charge in [-0.1, -0.05) is 95.6 Å². The number of aromatic nitrogens is 1. The van der Waals surface area contributed by atoms with Crippen molar-refractivity contribution in [1.82, 2.24) is 4.98 Å². The molecule has 0 fully saturated rings. The lowest BCUT2D eigenvalue weighted by atomic mass is 9.82. The standard InChI is InChI=1S/C37H49Cl2N3O2/c1-6-11-19-41(20-12-7-2)28-15-17-31(33(38)24-28)37(35-30(36(43)44-37)23-27(10-5)26-40-35)32-18-16-29(25-34(32)39)42(21-13-8-3)22-14-9-4/h15-18,23-26H,6-14,19-22H2,1-5H3. The van der Waals surface area contributed by atoms with Crippen molar-refractivity contribution in [1.29, 1.82) is 0 Å². The Hall–Kier alpha value is -2.76. The first-order valence-corrected chi connectivity index (χ1v) is 17.4. The van der Waals surface area contributed by atoms with Gasteiger partial charge in [0.1, 0.15) is 5.69 Å². The number of fused-ring (bicyclic) bond motifs is 1. The maximum atomic E-state index is 13.6. The van der Waals surface area contributed by atoms with Crippen LogP contribution in [0.2, 0.25) is 10.0 Å². The van der Waals surface area contributed by atoms with E-state index >= 15 is 0 Å². The van der Waals surface area contributed by atoms with Crippen LogP contribution in [0.4, 0.5) is 11.4 Å². The Kier molecular flexibility index (Phi) is 12.4. The van der Waals surface area contributed by atoms with Crippen molar-refractivity contribution in [2.75, 3.05) is 36.0 Å². The first-order valence-electron chi connectivity index (χ1n) is 16.7. The first kappa shape index (κ1) is 34.1. The topological polar surface area (TPSA) is 45.7 Å². The predicted molar refractivity (Wildman–Crippen MR) is 186 cm³/mol. The van der Waals surface area contributed by atoms with E-state index in [1.54, 1.807) is 0 Å². The molecule has 0 unspecified atom stereocenters. The number of hydrogen-bond donors (Lipinski definition) is 0. The number of rotatable bonds is 17. The number of pyridine rings is 1. The molecule has 0 saturated carbocycles. The summed E-state index contributed by atoms with van der Waals surface area (Å²) < 4.78 is 6.42. The molecule has 44 heavy (non-hydrogen) atoms. The number of anilines is 2. The summed E-state index contributed by atoms with van der Waals surface area (Å²) in [5.74, 6) is -0.414. The number of aryl methyl sites for hydroxylation is 1. The Labute approximate surface area is 274 Å². The quantitative estimate of drug-likeness (QED) is 0.138. The fourth-order valence-corrected chi connectivity index (χ4v) is 6.61. The molecule has 7 heteroatoms. The molecule has 0 N–H and O–H groups in total. The van der Waals surface area contributed by atoms with Crippen LogP contribution in [0.25, 0.3) is 0 Å². The molecule has 2 heterocycles. The SMILES string of the molecule is CCCCN(CCCC)c1ccc(C2(c3ccc(N(CCCC)CCCC)cc3Cl)OC(=O)c3cc(CC)cnc32)c(Cl)c1. The molecule has 5 nitrogen and oxygen atoms in total. The highest BCUT2D eigenvalue weighted by molar-refractivity contribution is 6.33. The Morgan fingerprint density at radius 2 is 1.16 bits per heavy atom. The van der Waals surface area contributed by atoms with Gasteiger partial charge in [-0.3, -0.25) is 4.98 Å². The molecule has 4 rings (SSSR count). The zero-order chi connectivity index (χ0) is 31.7. The molecule has 0 spiro atoms. The van der Waals surface area contributed by atoms with Gasteiger partial charge in [-0.25, -0.2) is 4.79 Å². The van der Waals surface area contributed by atoms with Gasteiger partial charge in [0, 0.05) is 54.9 Å². The number of benzene rings is 2. The van der Waals surface area contributed by atoms with Gasteiger partial charge in [0.15, 0.2) is 0 Å². The highest BCUT2D eigenvalue weighted by Gasteiger charge is 2.52. The summed E-state index contributed by atoms with van der Waals surface area (Å²) in [5.41, 5.74) is 4.08. The number of unbranched alkanes of at least 4 members (excludes halogenated alkanes) is 4. The molecule has 1 aromatic heterocycles. The molecule has 0 atom stereocenters. The minimum absolute atomic E-state index is 0.414. The summed E-state index contributed by atoms with van der Waals surface area (Å²) in [6, 6.07) is 14.1. The number of nitrogens with zero attached hydrogens (tertiary/aromatic N) is 3. The monoisotopic (exact) mass is 637 g/mol. The zero-order valence-electron chi connectivity index (χ0n) is 27.2. The second kappa shape index (κ2) is 16.0. The summed E-state index contributed by atoms with van der Waals surface area (Å²) in [6.07, 6.45) is 11.5. The predicted octanol–water partition coefficient (Wildman–Crippen LogP) is 10.2. The average molecular weight is 639 g/mol. The van der Waals surface area contributed by atoms with Gasteiger partial charge in [0.2, 0.25) is 5.60 Å². The fourth-order valence-electron chi connectivity index (χ4n) is 6.00. The molecule has 1 aliphatic rings. The molecule has 2 aromatic carbocycles. The smallest absolute Gasteiger partial charge is 0.341 e. The van der Waals surface area contributed by atoms with Crippen molar-refractivity contribution >= 4 is 40.5 Å². The highest BCUT2D eigenvalue weighted by atomic mass is 35.5. The van der Waals surface area contributed by atoms with E-state index in [-0.39, 0.29) is 0 Å². The first-order chi connectivity index (χ1) is 21.3. The Bertz CT molecular complexity index is 1320. The van der Waals surface area contributed by atoms with E-state index in [0.717, 1.165) is 101 Å². The van der Waals surface area contributed by atoms with E-state index in [4.69, 9.17) is 32.9 Å². The lowest BCUT2D eigenvalue weighted by molar-refractivity contribution is 0.0244. The highest BCUT2D eigenvalue weighted by Crippen LogP contribution is 2.51. The molecule has 0 aliphatic carbocycles. The van der Waals surface area contributed by atoms with Gasteiger partial charge in [0.25, 0.3) is 0 Å². The molecular weight excluding hydrogens is 589 g/mol. The van der Waals surface area contributed by atoms with Gasteiger partial charge in [-0.05, 0) is 68.0 Å².